The average Bonchev–Trinajstić information content (AvgIpc) is 2.69. The van der Waals surface area contributed by atoms with Gasteiger partial charge in [-0.2, -0.15) is 4.98 Å². The van der Waals surface area contributed by atoms with Crippen molar-refractivity contribution < 1.29 is 19.2 Å². The van der Waals surface area contributed by atoms with E-state index < -0.39 is 11.9 Å². The topological polar surface area (TPSA) is 99.8 Å². The first kappa shape index (κ1) is 14.1. The first-order chi connectivity index (χ1) is 8.40. The lowest BCUT2D eigenvalue weighted by atomic mass is 10.4. The van der Waals surface area contributed by atoms with Gasteiger partial charge in [-0.1, -0.05) is 5.16 Å². The van der Waals surface area contributed by atoms with Crippen LogP contribution in [0.5, 0.6) is 0 Å². The van der Waals surface area contributed by atoms with Crippen molar-refractivity contribution >= 4 is 11.9 Å². The van der Waals surface area contributed by atoms with E-state index in [1.54, 1.807) is 6.92 Å². The van der Waals surface area contributed by atoms with E-state index in [2.05, 4.69) is 10.1 Å². The Morgan fingerprint density at radius 1 is 1.33 bits per heavy atom. The van der Waals surface area contributed by atoms with E-state index in [-0.39, 0.29) is 24.8 Å². The lowest BCUT2D eigenvalue weighted by molar-refractivity contribution is -0.137. The summed E-state index contributed by atoms with van der Waals surface area (Å²) in [7, 11) is 3.67. The Morgan fingerprint density at radius 2 is 2.00 bits per heavy atom. The molecule has 18 heavy (non-hydrogen) atoms. The Balaban J connectivity index is 2.75. The fraction of sp³-hybridized carbons (Fsp3) is 0.600. The molecule has 1 aromatic heterocycles. The van der Waals surface area contributed by atoms with Gasteiger partial charge >= 0.3 is 5.97 Å². The third-order valence-corrected chi connectivity index (χ3v) is 2.15. The summed E-state index contributed by atoms with van der Waals surface area (Å²) in [6, 6.07) is 0. The number of hydrogen-bond acceptors (Lipinski definition) is 6. The lowest BCUT2D eigenvalue weighted by Crippen LogP contribution is -2.40. The van der Waals surface area contributed by atoms with Crippen LogP contribution < -0.4 is 0 Å². The van der Waals surface area contributed by atoms with Crippen LogP contribution in [0.3, 0.4) is 0 Å². The maximum Gasteiger partial charge on any atom is 0.323 e. The van der Waals surface area contributed by atoms with Crippen molar-refractivity contribution in [2.45, 2.75) is 6.92 Å². The SMILES string of the molecule is Cc1nc(C(=O)N(CCN(C)C)CC(=O)O)no1. The minimum Gasteiger partial charge on any atom is -0.480 e. The summed E-state index contributed by atoms with van der Waals surface area (Å²) >= 11 is 0. The highest BCUT2D eigenvalue weighted by Crippen LogP contribution is 2.01. The van der Waals surface area contributed by atoms with Crippen molar-refractivity contribution in [1.82, 2.24) is 19.9 Å². The Bertz CT molecular complexity index is 429. The van der Waals surface area contributed by atoms with Crippen LogP contribution in [0.15, 0.2) is 4.52 Å². The quantitative estimate of drug-likeness (QED) is 0.730. The molecule has 8 heteroatoms. The van der Waals surface area contributed by atoms with Crippen molar-refractivity contribution in [2.24, 2.45) is 0 Å². The van der Waals surface area contributed by atoms with Crippen LogP contribution >= 0.6 is 0 Å². The zero-order valence-corrected chi connectivity index (χ0v) is 10.6. The van der Waals surface area contributed by atoms with Gasteiger partial charge in [0, 0.05) is 20.0 Å². The lowest BCUT2D eigenvalue weighted by Gasteiger charge is -2.21. The van der Waals surface area contributed by atoms with Gasteiger partial charge in [0.05, 0.1) is 0 Å². The molecule has 0 aliphatic heterocycles. The van der Waals surface area contributed by atoms with Gasteiger partial charge < -0.3 is 19.4 Å². The molecule has 0 atom stereocenters. The van der Waals surface area contributed by atoms with Crippen LogP contribution in [0.2, 0.25) is 0 Å². The van der Waals surface area contributed by atoms with E-state index >= 15 is 0 Å². The molecule has 1 rings (SSSR count). The average molecular weight is 256 g/mol. The molecule has 100 valence electrons. The van der Waals surface area contributed by atoms with E-state index in [1.165, 1.54) is 4.90 Å². The van der Waals surface area contributed by atoms with Crippen molar-refractivity contribution in [3.63, 3.8) is 0 Å². The van der Waals surface area contributed by atoms with E-state index in [9.17, 15) is 9.59 Å². The van der Waals surface area contributed by atoms with Gasteiger partial charge in [-0.15, -0.1) is 0 Å². The molecule has 1 N–H and O–H groups in total. The van der Waals surface area contributed by atoms with Crippen LogP contribution in [-0.4, -0.2) is 70.7 Å². The molecule has 1 amide bonds. The van der Waals surface area contributed by atoms with Crippen LogP contribution in [-0.2, 0) is 4.79 Å². The number of nitrogens with zero attached hydrogens (tertiary/aromatic N) is 4. The van der Waals surface area contributed by atoms with Crippen molar-refractivity contribution in [2.75, 3.05) is 33.7 Å². The van der Waals surface area contributed by atoms with Crippen LogP contribution in [0.4, 0.5) is 0 Å². The minimum absolute atomic E-state index is 0.118. The molecule has 0 spiro atoms. The molecule has 0 fully saturated rings. The van der Waals surface area contributed by atoms with Gasteiger partial charge in [-0.3, -0.25) is 9.59 Å². The first-order valence-electron chi connectivity index (χ1n) is 5.36. The molecule has 0 radical (unpaired) electrons. The zero-order valence-electron chi connectivity index (χ0n) is 10.6. The highest BCUT2D eigenvalue weighted by molar-refractivity contribution is 5.92. The number of carbonyl (C=O) groups is 2. The molecular formula is C10H16N4O4. The molecule has 0 saturated heterocycles. The Hall–Kier alpha value is -1.96. The third kappa shape index (κ3) is 4.13. The highest BCUT2D eigenvalue weighted by atomic mass is 16.5. The van der Waals surface area contributed by atoms with Gasteiger partial charge in [0.25, 0.3) is 11.7 Å². The third-order valence-electron chi connectivity index (χ3n) is 2.15. The first-order valence-corrected chi connectivity index (χ1v) is 5.36. The second kappa shape index (κ2) is 6.10. The van der Waals surface area contributed by atoms with E-state index in [0.29, 0.717) is 6.54 Å². The molecule has 0 saturated carbocycles. The van der Waals surface area contributed by atoms with E-state index in [0.717, 1.165) is 0 Å². The largest absolute Gasteiger partial charge is 0.480 e. The minimum atomic E-state index is -1.08. The molecule has 0 unspecified atom stereocenters. The molecule has 0 aliphatic rings. The maximum absolute atomic E-state index is 12.0. The van der Waals surface area contributed by atoms with Gasteiger partial charge in [-0.05, 0) is 14.1 Å². The van der Waals surface area contributed by atoms with Crippen molar-refractivity contribution in [3.05, 3.63) is 11.7 Å². The number of aliphatic carboxylic acids is 1. The maximum atomic E-state index is 12.0. The summed E-state index contributed by atoms with van der Waals surface area (Å²) in [5, 5.41) is 12.3. The summed E-state index contributed by atoms with van der Waals surface area (Å²) in [6.07, 6.45) is 0. The molecule has 8 nitrogen and oxygen atoms in total. The summed E-state index contributed by atoms with van der Waals surface area (Å²) < 4.78 is 4.70. The van der Waals surface area contributed by atoms with Crippen molar-refractivity contribution in [1.29, 1.82) is 0 Å². The van der Waals surface area contributed by atoms with Gasteiger partial charge in [0.1, 0.15) is 6.54 Å². The Kier molecular flexibility index (Phi) is 4.78. The number of carbonyl (C=O) groups excluding carboxylic acids is 1. The van der Waals surface area contributed by atoms with Gasteiger partial charge in [-0.25, -0.2) is 0 Å². The predicted molar refractivity (Wildman–Crippen MR) is 61.1 cm³/mol. The fourth-order valence-corrected chi connectivity index (χ4v) is 1.26. The second-order valence-electron chi connectivity index (χ2n) is 4.06. The Morgan fingerprint density at radius 3 is 2.44 bits per heavy atom. The highest BCUT2D eigenvalue weighted by Gasteiger charge is 2.22. The number of carboxylic acid groups (broad SMARTS) is 1. The summed E-state index contributed by atoms with van der Waals surface area (Å²) in [4.78, 5) is 29.5. The van der Waals surface area contributed by atoms with Crippen molar-refractivity contribution in [3.8, 4) is 0 Å². The standard InChI is InChI=1S/C10H16N4O4/c1-7-11-9(12-18-7)10(17)14(6-8(15)16)5-4-13(2)3/h4-6H2,1-3H3,(H,15,16). The van der Waals surface area contributed by atoms with Crippen LogP contribution in [0, 0.1) is 6.92 Å². The number of carboxylic acids is 1. The Labute approximate surface area is 104 Å². The zero-order chi connectivity index (χ0) is 13.7. The monoisotopic (exact) mass is 256 g/mol. The predicted octanol–water partition coefficient (Wildman–Crippen LogP) is -0.534. The number of amides is 1. The number of likely N-dealkylation sites (N-methyl/N-ethyl adjacent to an activating group) is 1. The number of aromatic nitrogens is 2. The number of rotatable bonds is 6. The summed E-state index contributed by atoms with van der Waals surface area (Å²) in [5.41, 5.74) is 0. The second-order valence-corrected chi connectivity index (χ2v) is 4.06. The van der Waals surface area contributed by atoms with Gasteiger partial charge in [0.15, 0.2) is 0 Å². The van der Waals surface area contributed by atoms with Crippen LogP contribution in [0.25, 0.3) is 0 Å². The smallest absolute Gasteiger partial charge is 0.323 e. The van der Waals surface area contributed by atoms with E-state index in [4.69, 9.17) is 9.63 Å². The summed E-state index contributed by atoms with van der Waals surface area (Å²) in [5.74, 6) is -1.48. The fourth-order valence-electron chi connectivity index (χ4n) is 1.26. The number of aryl methyl sites for hydroxylation is 1. The molecular weight excluding hydrogens is 240 g/mol. The molecule has 0 aromatic carbocycles. The molecule has 0 bridgehead atoms. The van der Waals surface area contributed by atoms with Crippen LogP contribution in [0.1, 0.15) is 16.5 Å². The normalized spacial score (nSPS) is 10.7. The molecule has 1 aromatic rings. The molecule has 0 aliphatic carbocycles. The van der Waals surface area contributed by atoms with Gasteiger partial charge in [0.2, 0.25) is 5.89 Å². The molecule has 1 heterocycles. The van der Waals surface area contributed by atoms with E-state index in [1.807, 2.05) is 19.0 Å². The summed E-state index contributed by atoms with van der Waals surface area (Å²) in [6.45, 7) is 2.01. The number of hydrogen-bond donors (Lipinski definition) is 1.